The van der Waals surface area contributed by atoms with Crippen LogP contribution in [0.25, 0.3) is 0 Å². The number of anilines is 2. The monoisotopic (exact) mass is 394 g/mol. The van der Waals surface area contributed by atoms with Crippen LogP contribution in [0.3, 0.4) is 0 Å². The van der Waals surface area contributed by atoms with Crippen LogP contribution in [-0.2, 0) is 6.61 Å². The molecule has 0 spiro atoms. The van der Waals surface area contributed by atoms with Gasteiger partial charge in [-0.05, 0) is 42.0 Å². The number of nitrogens with zero attached hydrogens (tertiary/aromatic N) is 2. The van der Waals surface area contributed by atoms with Gasteiger partial charge in [0.2, 0.25) is 5.95 Å². The number of hydrogen-bond acceptors (Lipinski definition) is 5. The summed E-state index contributed by atoms with van der Waals surface area (Å²) in [5.41, 5.74) is 2.04. The summed E-state index contributed by atoms with van der Waals surface area (Å²) < 4.78 is 5.73. The lowest BCUT2D eigenvalue weighted by Gasteiger charge is -2.09. The van der Waals surface area contributed by atoms with E-state index in [1.54, 1.807) is 30.3 Å². The molecule has 1 heterocycles. The standard InChI is InChI=1S/C21H19ClN4O2/c1-2-11-23-21-24-12-16(13-25-21)20(27)26-18-7-9-19(10-8-18)28-14-15-3-5-17(22)6-4-15/h2-10,12-13H,1,11,14H2,(H,26,27)(H,23,24,25). The number of benzene rings is 2. The molecule has 0 aliphatic heterocycles. The van der Waals surface area contributed by atoms with Gasteiger partial charge in [-0.2, -0.15) is 0 Å². The lowest BCUT2D eigenvalue weighted by Crippen LogP contribution is -2.13. The van der Waals surface area contributed by atoms with E-state index in [0.717, 1.165) is 5.56 Å². The summed E-state index contributed by atoms with van der Waals surface area (Å²) in [6, 6.07) is 14.6. The van der Waals surface area contributed by atoms with Crippen LogP contribution >= 0.6 is 11.6 Å². The van der Waals surface area contributed by atoms with Gasteiger partial charge in [0.25, 0.3) is 5.91 Å². The van der Waals surface area contributed by atoms with Gasteiger partial charge in [0.05, 0.1) is 5.56 Å². The van der Waals surface area contributed by atoms with Gasteiger partial charge in [0.15, 0.2) is 0 Å². The van der Waals surface area contributed by atoms with Crippen LogP contribution in [0.2, 0.25) is 5.02 Å². The third-order valence-corrected chi connectivity index (χ3v) is 4.00. The Kier molecular flexibility index (Phi) is 6.59. The van der Waals surface area contributed by atoms with Gasteiger partial charge in [-0.1, -0.05) is 29.8 Å². The first kappa shape index (κ1) is 19.4. The molecule has 0 saturated heterocycles. The van der Waals surface area contributed by atoms with Crippen LogP contribution in [0.15, 0.2) is 73.6 Å². The van der Waals surface area contributed by atoms with E-state index in [2.05, 4.69) is 27.2 Å². The number of hydrogen-bond donors (Lipinski definition) is 2. The number of amides is 1. The van der Waals surface area contributed by atoms with Crippen LogP contribution in [0.1, 0.15) is 15.9 Å². The third-order valence-electron chi connectivity index (χ3n) is 3.75. The second-order valence-electron chi connectivity index (χ2n) is 5.86. The summed E-state index contributed by atoms with van der Waals surface area (Å²) in [5.74, 6) is 0.859. The fraction of sp³-hybridized carbons (Fsp3) is 0.0952. The van der Waals surface area contributed by atoms with Gasteiger partial charge < -0.3 is 15.4 Å². The normalized spacial score (nSPS) is 10.2. The van der Waals surface area contributed by atoms with Crippen LogP contribution in [0.4, 0.5) is 11.6 Å². The number of rotatable bonds is 8. The highest BCUT2D eigenvalue weighted by Crippen LogP contribution is 2.18. The average Bonchev–Trinajstić information content (AvgIpc) is 2.73. The number of carbonyl (C=O) groups is 1. The van der Waals surface area contributed by atoms with Gasteiger partial charge in [0.1, 0.15) is 12.4 Å². The molecule has 2 N–H and O–H groups in total. The molecular formula is C21H19ClN4O2. The first-order chi connectivity index (χ1) is 13.6. The lowest BCUT2D eigenvalue weighted by molar-refractivity contribution is 0.102. The van der Waals surface area contributed by atoms with Gasteiger partial charge >= 0.3 is 0 Å². The Morgan fingerprint density at radius 2 is 1.75 bits per heavy atom. The minimum Gasteiger partial charge on any atom is -0.489 e. The largest absolute Gasteiger partial charge is 0.489 e. The molecule has 1 amide bonds. The van der Waals surface area contributed by atoms with Crippen LogP contribution in [0.5, 0.6) is 5.75 Å². The molecule has 28 heavy (non-hydrogen) atoms. The van der Waals surface area contributed by atoms with E-state index in [1.807, 2.05) is 24.3 Å². The van der Waals surface area contributed by atoms with Crippen molar-refractivity contribution in [3.8, 4) is 5.75 Å². The molecule has 3 aromatic rings. The first-order valence-corrected chi connectivity index (χ1v) is 8.97. The highest BCUT2D eigenvalue weighted by Gasteiger charge is 2.08. The summed E-state index contributed by atoms with van der Waals surface area (Å²) in [4.78, 5) is 20.5. The smallest absolute Gasteiger partial charge is 0.258 e. The van der Waals surface area contributed by atoms with Crippen molar-refractivity contribution >= 4 is 29.1 Å². The Morgan fingerprint density at radius 1 is 1.07 bits per heavy atom. The maximum absolute atomic E-state index is 12.3. The number of aromatic nitrogens is 2. The predicted molar refractivity (Wildman–Crippen MR) is 111 cm³/mol. The molecule has 7 heteroatoms. The molecule has 0 aliphatic carbocycles. The van der Waals surface area contributed by atoms with Crippen molar-refractivity contribution < 1.29 is 9.53 Å². The molecule has 3 rings (SSSR count). The summed E-state index contributed by atoms with van der Waals surface area (Å²) in [6.45, 7) is 4.60. The van der Waals surface area contributed by atoms with Crippen molar-refractivity contribution in [2.45, 2.75) is 6.61 Å². The number of halogens is 1. The van der Waals surface area contributed by atoms with E-state index in [9.17, 15) is 4.79 Å². The maximum Gasteiger partial charge on any atom is 0.258 e. The Labute approximate surface area is 168 Å². The molecule has 1 aromatic heterocycles. The van der Waals surface area contributed by atoms with Crippen molar-refractivity contribution in [2.75, 3.05) is 17.2 Å². The zero-order chi connectivity index (χ0) is 19.8. The minimum atomic E-state index is -0.287. The van der Waals surface area contributed by atoms with Gasteiger partial charge in [0, 0.05) is 29.6 Å². The highest BCUT2D eigenvalue weighted by molar-refractivity contribution is 6.30. The van der Waals surface area contributed by atoms with E-state index < -0.39 is 0 Å². The van der Waals surface area contributed by atoms with E-state index in [0.29, 0.717) is 41.1 Å². The molecule has 0 bridgehead atoms. The second kappa shape index (κ2) is 9.53. The second-order valence-corrected chi connectivity index (χ2v) is 6.30. The maximum atomic E-state index is 12.3. The fourth-order valence-corrected chi connectivity index (χ4v) is 2.41. The first-order valence-electron chi connectivity index (χ1n) is 8.59. The molecule has 0 saturated carbocycles. The molecule has 2 aromatic carbocycles. The minimum absolute atomic E-state index is 0.287. The molecule has 0 aliphatic rings. The number of nitrogens with one attached hydrogen (secondary N) is 2. The zero-order valence-corrected chi connectivity index (χ0v) is 15.8. The van der Waals surface area contributed by atoms with Crippen molar-refractivity contribution in [1.82, 2.24) is 9.97 Å². The van der Waals surface area contributed by atoms with Crippen molar-refractivity contribution in [2.24, 2.45) is 0 Å². The van der Waals surface area contributed by atoms with E-state index in [-0.39, 0.29) is 5.91 Å². The van der Waals surface area contributed by atoms with Gasteiger partial charge in [-0.15, -0.1) is 6.58 Å². The molecule has 0 unspecified atom stereocenters. The number of ether oxygens (including phenoxy) is 1. The molecule has 0 radical (unpaired) electrons. The zero-order valence-electron chi connectivity index (χ0n) is 15.1. The Bertz CT molecular complexity index is 926. The van der Waals surface area contributed by atoms with Crippen LogP contribution < -0.4 is 15.4 Å². The van der Waals surface area contributed by atoms with Gasteiger partial charge in [-0.25, -0.2) is 9.97 Å². The Morgan fingerprint density at radius 3 is 2.39 bits per heavy atom. The quantitative estimate of drug-likeness (QED) is 0.548. The average molecular weight is 395 g/mol. The Hall–Kier alpha value is -3.38. The summed E-state index contributed by atoms with van der Waals surface area (Å²) in [5, 5.41) is 6.44. The predicted octanol–water partition coefficient (Wildman–Crippen LogP) is 4.56. The van der Waals surface area contributed by atoms with Crippen molar-refractivity contribution in [3.63, 3.8) is 0 Å². The fourth-order valence-electron chi connectivity index (χ4n) is 2.29. The van der Waals surface area contributed by atoms with Crippen molar-refractivity contribution in [1.29, 1.82) is 0 Å². The molecule has 142 valence electrons. The lowest BCUT2D eigenvalue weighted by atomic mass is 10.2. The summed E-state index contributed by atoms with van der Waals surface area (Å²) in [6.07, 6.45) is 4.64. The molecular weight excluding hydrogens is 376 g/mol. The van der Waals surface area contributed by atoms with Crippen LogP contribution in [-0.4, -0.2) is 22.4 Å². The van der Waals surface area contributed by atoms with Crippen molar-refractivity contribution in [3.05, 3.63) is 89.7 Å². The molecule has 0 atom stereocenters. The van der Waals surface area contributed by atoms with Crippen LogP contribution in [0, 0.1) is 0 Å². The number of carbonyl (C=O) groups excluding carboxylic acids is 1. The molecule has 6 nitrogen and oxygen atoms in total. The SMILES string of the molecule is C=CCNc1ncc(C(=O)Nc2ccc(OCc3ccc(Cl)cc3)cc2)cn1. The highest BCUT2D eigenvalue weighted by atomic mass is 35.5. The van der Waals surface area contributed by atoms with E-state index in [1.165, 1.54) is 12.4 Å². The van der Waals surface area contributed by atoms with E-state index in [4.69, 9.17) is 16.3 Å². The Balaban J connectivity index is 1.53. The van der Waals surface area contributed by atoms with Gasteiger partial charge in [-0.3, -0.25) is 4.79 Å². The van der Waals surface area contributed by atoms with E-state index >= 15 is 0 Å². The topological polar surface area (TPSA) is 76.1 Å². The summed E-state index contributed by atoms with van der Waals surface area (Å²) in [7, 11) is 0. The molecule has 0 fully saturated rings. The summed E-state index contributed by atoms with van der Waals surface area (Å²) >= 11 is 5.87. The third kappa shape index (κ3) is 5.56.